The maximum Gasteiger partial charge on any atom is 0.280 e. The lowest BCUT2D eigenvalue weighted by atomic mass is 10.1. The number of hydrogen-bond acceptors (Lipinski definition) is 5. The molecule has 2 aliphatic rings. The van der Waals surface area contributed by atoms with Gasteiger partial charge >= 0.3 is 0 Å². The van der Waals surface area contributed by atoms with Gasteiger partial charge in [-0.3, -0.25) is 4.79 Å². The second kappa shape index (κ2) is 7.40. The predicted octanol–water partition coefficient (Wildman–Crippen LogP) is 3.08. The number of hydrazine groups is 1. The van der Waals surface area contributed by atoms with Crippen LogP contribution in [0.2, 0.25) is 0 Å². The first-order valence-corrected chi connectivity index (χ1v) is 8.71. The summed E-state index contributed by atoms with van der Waals surface area (Å²) in [6, 6.07) is 10.1. The fourth-order valence-electron chi connectivity index (χ4n) is 2.52. The normalized spacial score (nSPS) is 22.2. The van der Waals surface area contributed by atoms with Gasteiger partial charge in [-0.2, -0.15) is 0 Å². The van der Waals surface area contributed by atoms with Crippen LogP contribution in [0.3, 0.4) is 0 Å². The van der Waals surface area contributed by atoms with Crippen LogP contribution in [0, 0.1) is 0 Å². The molecular weight excluding hydrogens is 328 g/mol. The molecular formula is C17H18N2O2S2. The van der Waals surface area contributed by atoms with E-state index in [-0.39, 0.29) is 5.91 Å². The highest BCUT2D eigenvalue weighted by Gasteiger charge is 2.36. The molecule has 2 saturated heterocycles. The van der Waals surface area contributed by atoms with Gasteiger partial charge in [0.15, 0.2) is 4.32 Å². The van der Waals surface area contributed by atoms with Crippen LogP contribution < -0.4 is 0 Å². The fourth-order valence-corrected chi connectivity index (χ4v) is 3.88. The van der Waals surface area contributed by atoms with E-state index < -0.39 is 0 Å². The predicted molar refractivity (Wildman–Crippen MR) is 97.6 cm³/mol. The summed E-state index contributed by atoms with van der Waals surface area (Å²) in [6.45, 7) is 4.64. The molecule has 1 aromatic rings. The molecule has 0 radical (unpaired) electrons. The lowest BCUT2D eigenvalue weighted by Gasteiger charge is -2.33. The molecule has 2 aliphatic heterocycles. The van der Waals surface area contributed by atoms with Crippen LogP contribution in [-0.4, -0.2) is 46.5 Å². The average molecular weight is 346 g/mol. The molecule has 120 valence electrons. The van der Waals surface area contributed by atoms with E-state index in [4.69, 9.17) is 17.0 Å². The summed E-state index contributed by atoms with van der Waals surface area (Å²) in [6.07, 6.45) is 3.97. The van der Waals surface area contributed by atoms with Gasteiger partial charge in [0.05, 0.1) is 18.1 Å². The van der Waals surface area contributed by atoms with Crippen LogP contribution >= 0.6 is 24.0 Å². The van der Waals surface area contributed by atoms with Crippen LogP contribution in [0.25, 0.3) is 6.08 Å². The van der Waals surface area contributed by atoms with E-state index in [1.54, 1.807) is 5.01 Å². The van der Waals surface area contributed by atoms with E-state index in [2.05, 4.69) is 6.08 Å². The number of nitrogens with zero attached hydrogens (tertiary/aromatic N) is 2. The summed E-state index contributed by atoms with van der Waals surface area (Å²) < 4.78 is 5.93. The van der Waals surface area contributed by atoms with Gasteiger partial charge in [0.25, 0.3) is 5.91 Å². The van der Waals surface area contributed by atoms with E-state index in [0.29, 0.717) is 35.5 Å². The molecule has 0 atom stereocenters. The highest BCUT2D eigenvalue weighted by molar-refractivity contribution is 8.26. The van der Waals surface area contributed by atoms with E-state index in [0.717, 1.165) is 11.1 Å². The zero-order chi connectivity index (χ0) is 16.2. The molecule has 23 heavy (non-hydrogen) atoms. The maximum absolute atomic E-state index is 12.6. The number of allylic oxidation sites excluding steroid dienone is 2. The van der Waals surface area contributed by atoms with Crippen molar-refractivity contribution >= 4 is 40.3 Å². The second-order valence-corrected chi connectivity index (χ2v) is 7.03. The summed E-state index contributed by atoms with van der Waals surface area (Å²) in [5.41, 5.74) is 2.14. The first-order valence-electron chi connectivity index (χ1n) is 7.49. The van der Waals surface area contributed by atoms with Gasteiger partial charge < -0.3 is 4.74 Å². The molecule has 4 nitrogen and oxygen atoms in total. The Balaban J connectivity index is 1.77. The lowest BCUT2D eigenvalue weighted by Crippen LogP contribution is -2.50. The van der Waals surface area contributed by atoms with Gasteiger partial charge in [-0.25, -0.2) is 10.0 Å². The van der Waals surface area contributed by atoms with E-state index in [1.807, 2.05) is 48.3 Å². The van der Waals surface area contributed by atoms with Gasteiger partial charge in [0.2, 0.25) is 0 Å². The monoisotopic (exact) mass is 346 g/mol. The summed E-state index contributed by atoms with van der Waals surface area (Å²) in [5.74, 6) is -0.0392. The molecule has 6 heteroatoms. The molecule has 0 aliphatic carbocycles. The number of thioether (sulfide) groups is 1. The average Bonchev–Trinajstić information content (AvgIpc) is 2.83. The minimum absolute atomic E-state index is 0.0392. The largest absolute Gasteiger partial charge is 0.379 e. The number of amides is 1. The number of thiocarbonyl (C=S) groups is 1. The van der Waals surface area contributed by atoms with Crippen LogP contribution in [0.5, 0.6) is 0 Å². The van der Waals surface area contributed by atoms with E-state index >= 15 is 0 Å². The molecule has 1 amide bonds. The third-order valence-electron chi connectivity index (χ3n) is 3.60. The first kappa shape index (κ1) is 16.4. The van der Waals surface area contributed by atoms with Gasteiger partial charge in [-0.15, -0.1) is 0 Å². The van der Waals surface area contributed by atoms with Crippen molar-refractivity contribution in [3.05, 3.63) is 52.4 Å². The second-order valence-electron chi connectivity index (χ2n) is 5.36. The molecule has 1 aromatic carbocycles. The van der Waals surface area contributed by atoms with Gasteiger partial charge in [0, 0.05) is 13.1 Å². The van der Waals surface area contributed by atoms with Gasteiger partial charge in [-0.05, 0) is 24.1 Å². The number of morpholine rings is 1. The van der Waals surface area contributed by atoms with Crippen LogP contribution in [0.1, 0.15) is 12.5 Å². The molecule has 0 N–H and O–H groups in total. The number of rotatable bonds is 3. The standard InChI is InChI=1S/C17H18N2O2S2/c1-13(11-14-5-3-2-4-6-14)12-15-16(20)19(17(22)23-15)18-7-9-21-10-8-18/h2-6,11-12H,7-10H2,1H3/b13-11-,15-12+. The fraction of sp³-hybridized carbons (Fsp3) is 0.294. The quantitative estimate of drug-likeness (QED) is 0.620. The maximum atomic E-state index is 12.6. The number of ether oxygens (including phenoxy) is 1. The molecule has 0 aromatic heterocycles. The molecule has 3 rings (SSSR count). The molecule has 2 heterocycles. The Labute approximate surface area is 145 Å². The van der Waals surface area contributed by atoms with E-state index in [1.165, 1.54) is 11.8 Å². The third kappa shape index (κ3) is 3.90. The molecule has 0 saturated carbocycles. The Morgan fingerprint density at radius 3 is 2.65 bits per heavy atom. The first-order chi connectivity index (χ1) is 11.1. The number of carbonyl (C=O) groups is 1. The van der Waals surface area contributed by atoms with Crippen molar-refractivity contribution in [2.45, 2.75) is 6.92 Å². The Hall–Kier alpha value is -1.47. The van der Waals surface area contributed by atoms with Crippen LogP contribution in [0.4, 0.5) is 0 Å². The van der Waals surface area contributed by atoms with Crippen molar-refractivity contribution in [2.75, 3.05) is 26.3 Å². The van der Waals surface area contributed by atoms with Gasteiger partial charge in [0.1, 0.15) is 0 Å². The Morgan fingerprint density at radius 2 is 1.96 bits per heavy atom. The van der Waals surface area contributed by atoms with Gasteiger partial charge in [-0.1, -0.05) is 60.4 Å². The topological polar surface area (TPSA) is 32.8 Å². The smallest absolute Gasteiger partial charge is 0.280 e. The van der Waals surface area contributed by atoms with Crippen molar-refractivity contribution < 1.29 is 9.53 Å². The SMILES string of the molecule is CC(=C/c1ccccc1)/C=C1/SC(=S)N(N2CCOCC2)C1=O. The number of carbonyl (C=O) groups excluding carboxylic acids is 1. The van der Waals surface area contributed by atoms with Crippen molar-refractivity contribution in [1.82, 2.24) is 10.0 Å². The molecule has 0 spiro atoms. The summed E-state index contributed by atoms with van der Waals surface area (Å²) in [7, 11) is 0. The van der Waals surface area contributed by atoms with Crippen LogP contribution in [0.15, 0.2) is 46.9 Å². The number of hydrogen-bond donors (Lipinski definition) is 0. The molecule has 2 fully saturated rings. The minimum atomic E-state index is -0.0392. The zero-order valence-electron chi connectivity index (χ0n) is 12.9. The van der Waals surface area contributed by atoms with E-state index in [9.17, 15) is 4.79 Å². The van der Waals surface area contributed by atoms with Crippen molar-refractivity contribution in [2.24, 2.45) is 0 Å². The minimum Gasteiger partial charge on any atom is -0.379 e. The molecule has 0 bridgehead atoms. The van der Waals surface area contributed by atoms with Crippen molar-refractivity contribution in [3.8, 4) is 0 Å². The Bertz CT molecular complexity index is 664. The summed E-state index contributed by atoms with van der Waals surface area (Å²) in [4.78, 5) is 13.3. The third-order valence-corrected chi connectivity index (χ3v) is 4.88. The van der Waals surface area contributed by atoms with Crippen molar-refractivity contribution in [1.29, 1.82) is 0 Å². The highest BCUT2D eigenvalue weighted by Crippen LogP contribution is 2.33. The zero-order valence-corrected chi connectivity index (χ0v) is 14.5. The van der Waals surface area contributed by atoms with Crippen LogP contribution in [-0.2, 0) is 9.53 Å². The summed E-state index contributed by atoms with van der Waals surface area (Å²) >= 11 is 6.74. The lowest BCUT2D eigenvalue weighted by molar-refractivity contribution is -0.138. The number of benzene rings is 1. The molecule has 0 unspecified atom stereocenters. The Kier molecular flexibility index (Phi) is 5.27. The Morgan fingerprint density at radius 1 is 1.26 bits per heavy atom. The van der Waals surface area contributed by atoms with Crippen molar-refractivity contribution in [3.63, 3.8) is 0 Å². The highest BCUT2D eigenvalue weighted by atomic mass is 32.2. The summed E-state index contributed by atoms with van der Waals surface area (Å²) in [5, 5.41) is 3.59.